The van der Waals surface area contributed by atoms with Crippen LogP contribution >= 0.6 is 11.3 Å². The number of para-hydroxylation sites is 1. The Morgan fingerprint density at radius 1 is 1.36 bits per heavy atom. The summed E-state index contributed by atoms with van der Waals surface area (Å²) in [6.45, 7) is 2.72. The van der Waals surface area contributed by atoms with Crippen LogP contribution < -0.4 is 10.5 Å². The largest absolute Gasteiger partial charge is 0.392 e. The van der Waals surface area contributed by atoms with E-state index >= 15 is 0 Å². The number of aliphatic hydroxyl groups is 1. The van der Waals surface area contributed by atoms with Crippen molar-refractivity contribution in [1.82, 2.24) is 9.38 Å². The summed E-state index contributed by atoms with van der Waals surface area (Å²) in [5, 5.41) is 11.6. The van der Waals surface area contributed by atoms with Crippen molar-refractivity contribution in [3.63, 3.8) is 0 Å². The van der Waals surface area contributed by atoms with Crippen LogP contribution in [0.4, 0.5) is 5.69 Å². The van der Waals surface area contributed by atoms with E-state index in [4.69, 9.17) is 0 Å². The predicted octanol–water partition coefficient (Wildman–Crippen LogP) is 2.14. The summed E-state index contributed by atoms with van der Waals surface area (Å²) in [5.41, 5.74) is 1.62. The third-order valence-corrected chi connectivity index (χ3v) is 4.07. The topological polar surface area (TPSA) is 57.8 Å². The molecule has 0 unspecified atom stereocenters. The van der Waals surface area contributed by atoms with Gasteiger partial charge in [0.25, 0.3) is 5.56 Å². The molecule has 0 radical (unpaired) electrons. The van der Waals surface area contributed by atoms with Gasteiger partial charge in [0.1, 0.15) is 0 Å². The van der Waals surface area contributed by atoms with Crippen molar-refractivity contribution in [1.29, 1.82) is 0 Å². The van der Waals surface area contributed by atoms with Gasteiger partial charge in [0.15, 0.2) is 4.96 Å². The number of aliphatic hydroxyl groups excluding tert-OH is 1. The van der Waals surface area contributed by atoms with Crippen molar-refractivity contribution in [2.24, 2.45) is 0 Å². The summed E-state index contributed by atoms with van der Waals surface area (Å²) in [4.78, 5) is 19.3. The van der Waals surface area contributed by atoms with Gasteiger partial charge >= 0.3 is 0 Å². The minimum Gasteiger partial charge on any atom is -0.392 e. The smallest absolute Gasteiger partial charge is 0.258 e. The average molecular weight is 315 g/mol. The van der Waals surface area contributed by atoms with Crippen LogP contribution in [-0.4, -0.2) is 27.1 Å². The van der Waals surface area contributed by atoms with E-state index in [1.54, 1.807) is 19.2 Å². The van der Waals surface area contributed by atoms with E-state index in [-0.39, 0.29) is 5.56 Å². The van der Waals surface area contributed by atoms with Crippen molar-refractivity contribution in [3.05, 3.63) is 64.0 Å². The van der Waals surface area contributed by atoms with Crippen LogP contribution in [0, 0.1) is 0 Å². The van der Waals surface area contributed by atoms with Crippen molar-refractivity contribution >= 4 is 22.0 Å². The van der Waals surface area contributed by atoms with E-state index in [0.29, 0.717) is 23.7 Å². The quantitative estimate of drug-likeness (QED) is 0.784. The molecule has 0 fully saturated rings. The first-order valence-electron chi connectivity index (χ1n) is 7.07. The lowest BCUT2D eigenvalue weighted by Gasteiger charge is -2.25. The van der Waals surface area contributed by atoms with Crippen LogP contribution in [-0.2, 0) is 6.54 Å². The van der Waals surface area contributed by atoms with E-state index < -0.39 is 6.10 Å². The second-order valence-corrected chi connectivity index (χ2v) is 6.08. The zero-order valence-corrected chi connectivity index (χ0v) is 13.0. The van der Waals surface area contributed by atoms with Crippen LogP contribution in [0.3, 0.4) is 0 Å². The maximum Gasteiger partial charge on any atom is 0.258 e. The molecule has 5 nitrogen and oxygen atoms in total. The number of fused-ring (bicyclic) bond motifs is 1. The lowest BCUT2D eigenvalue weighted by atomic mass is 10.2. The fourth-order valence-electron chi connectivity index (χ4n) is 2.38. The molecule has 0 saturated carbocycles. The molecular weight excluding hydrogens is 298 g/mol. The SMILES string of the molecule is C[C@H](O)CN(Cc1cc(=O)n2ccsc2n1)c1ccccc1. The molecule has 0 aliphatic carbocycles. The second-order valence-electron chi connectivity index (χ2n) is 5.21. The summed E-state index contributed by atoms with van der Waals surface area (Å²) >= 11 is 1.44. The molecule has 0 aliphatic rings. The zero-order chi connectivity index (χ0) is 15.5. The van der Waals surface area contributed by atoms with Gasteiger partial charge in [0.2, 0.25) is 0 Å². The third-order valence-electron chi connectivity index (χ3n) is 3.32. The molecule has 1 aromatic carbocycles. The van der Waals surface area contributed by atoms with Crippen LogP contribution in [0.25, 0.3) is 4.96 Å². The number of aromatic nitrogens is 2. The van der Waals surface area contributed by atoms with Crippen molar-refractivity contribution in [2.75, 3.05) is 11.4 Å². The molecule has 0 bridgehead atoms. The van der Waals surface area contributed by atoms with Gasteiger partial charge in [-0.15, -0.1) is 11.3 Å². The van der Waals surface area contributed by atoms with Crippen LogP contribution in [0.5, 0.6) is 0 Å². The highest BCUT2D eigenvalue weighted by Crippen LogP contribution is 2.17. The molecule has 1 atom stereocenters. The Morgan fingerprint density at radius 2 is 2.14 bits per heavy atom. The minimum absolute atomic E-state index is 0.0775. The Balaban J connectivity index is 1.93. The van der Waals surface area contributed by atoms with Crippen LogP contribution in [0.2, 0.25) is 0 Å². The number of rotatable bonds is 5. The molecule has 114 valence electrons. The van der Waals surface area contributed by atoms with Gasteiger partial charge in [-0.25, -0.2) is 4.98 Å². The van der Waals surface area contributed by atoms with Gasteiger partial charge in [-0.3, -0.25) is 9.20 Å². The number of hydrogen-bond acceptors (Lipinski definition) is 5. The third kappa shape index (κ3) is 3.18. The molecule has 2 aromatic heterocycles. The molecule has 2 heterocycles. The molecule has 3 rings (SSSR count). The molecule has 0 aliphatic heterocycles. The molecule has 0 amide bonds. The van der Waals surface area contributed by atoms with E-state index in [9.17, 15) is 9.90 Å². The van der Waals surface area contributed by atoms with Crippen molar-refractivity contribution in [3.8, 4) is 0 Å². The van der Waals surface area contributed by atoms with Gasteiger partial charge in [-0.05, 0) is 19.1 Å². The summed E-state index contributed by atoms with van der Waals surface area (Å²) in [5.74, 6) is 0. The van der Waals surface area contributed by atoms with E-state index in [0.717, 1.165) is 5.69 Å². The Morgan fingerprint density at radius 3 is 2.86 bits per heavy atom. The van der Waals surface area contributed by atoms with Gasteiger partial charge < -0.3 is 10.0 Å². The van der Waals surface area contributed by atoms with Crippen LogP contribution in [0.1, 0.15) is 12.6 Å². The monoisotopic (exact) mass is 315 g/mol. The molecule has 0 saturated heterocycles. The summed E-state index contributed by atoms with van der Waals surface area (Å²) < 4.78 is 1.54. The fraction of sp³-hybridized carbons (Fsp3) is 0.250. The Bertz CT molecular complexity index is 811. The molecule has 0 spiro atoms. The molecule has 3 aromatic rings. The number of hydrogen-bond donors (Lipinski definition) is 1. The lowest BCUT2D eigenvalue weighted by Crippen LogP contribution is -2.31. The van der Waals surface area contributed by atoms with Gasteiger partial charge in [-0.1, -0.05) is 18.2 Å². The highest BCUT2D eigenvalue weighted by Gasteiger charge is 2.12. The number of benzene rings is 1. The normalized spacial score (nSPS) is 12.5. The zero-order valence-electron chi connectivity index (χ0n) is 12.2. The molecule has 22 heavy (non-hydrogen) atoms. The highest BCUT2D eigenvalue weighted by molar-refractivity contribution is 7.15. The average Bonchev–Trinajstić information content (AvgIpc) is 2.96. The Labute approximate surface area is 132 Å². The lowest BCUT2D eigenvalue weighted by molar-refractivity contribution is 0.199. The number of thiazole rings is 1. The maximum atomic E-state index is 12.1. The van der Waals surface area contributed by atoms with E-state index in [1.807, 2.05) is 40.6 Å². The van der Waals surface area contributed by atoms with Gasteiger partial charge in [0, 0.05) is 29.9 Å². The first-order chi connectivity index (χ1) is 10.6. The second kappa shape index (κ2) is 6.29. The standard InChI is InChI=1S/C16H17N3O2S/c1-12(20)10-18(14-5-3-2-4-6-14)11-13-9-15(21)19-7-8-22-16(19)17-13/h2-9,12,20H,10-11H2,1H3/t12-/m0/s1. The number of nitrogens with zero attached hydrogens (tertiary/aromatic N) is 3. The van der Waals surface area contributed by atoms with Gasteiger partial charge in [-0.2, -0.15) is 0 Å². The Hall–Kier alpha value is -2.18. The van der Waals surface area contributed by atoms with Gasteiger partial charge in [0.05, 0.1) is 18.3 Å². The highest BCUT2D eigenvalue weighted by atomic mass is 32.1. The van der Waals surface area contributed by atoms with E-state index in [2.05, 4.69) is 4.98 Å². The molecule has 1 N–H and O–H groups in total. The first kappa shape index (κ1) is 14.7. The van der Waals surface area contributed by atoms with Crippen molar-refractivity contribution < 1.29 is 5.11 Å². The summed E-state index contributed by atoms with van der Waals surface area (Å²) in [6, 6.07) is 11.4. The van der Waals surface area contributed by atoms with E-state index in [1.165, 1.54) is 15.7 Å². The minimum atomic E-state index is -0.466. The Kier molecular flexibility index (Phi) is 4.22. The first-order valence-corrected chi connectivity index (χ1v) is 7.95. The summed E-state index contributed by atoms with van der Waals surface area (Å²) in [6.07, 6.45) is 1.26. The predicted molar refractivity (Wildman–Crippen MR) is 88.5 cm³/mol. The number of anilines is 1. The van der Waals surface area contributed by atoms with Crippen LogP contribution in [0.15, 0.2) is 52.8 Å². The molecule has 6 heteroatoms. The fourth-order valence-corrected chi connectivity index (χ4v) is 3.12. The maximum absolute atomic E-state index is 12.1. The van der Waals surface area contributed by atoms with Crippen molar-refractivity contribution in [2.45, 2.75) is 19.6 Å². The summed E-state index contributed by atoms with van der Waals surface area (Å²) in [7, 11) is 0. The molecular formula is C16H17N3O2S.